The molecule has 0 aliphatic heterocycles. The molecular weight excluding hydrogens is 206 g/mol. The SMILES string of the molecule is CCc1ccc(C(N)C2CCCC(C)C2)cc1. The minimum atomic E-state index is 0.239. The zero-order valence-electron chi connectivity index (χ0n) is 11.2. The van der Waals surface area contributed by atoms with Gasteiger partial charge in [0.15, 0.2) is 0 Å². The molecule has 1 saturated carbocycles. The normalized spacial score (nSPS) is 26.8. The molecule has 17 heavy (non-hydrogen) atoms. The number of aryl methyl sites for hydroxylation is 1. The molecule has 0 radical (unpaired) electrons. The number of rotatable bonds is 3. The van der Waals surface area contributed by atoms with Crippen molar-refractivity contribution in [1.29, 1.82) is 0 Å². The van der Waals surface area contributed by atoms with E-state index in [1.165, 1.54) is 36.8 Å². The molecule has 1 heteroatoms. The van der Waals surface area contributed by atoms with Gasteiger partial charge in [-0.25, -0.2) is 0 Å². The first-order chi connectivity index (χ1) is 8.20. The van der Waals surface area contributed by atoms with Crippen LogP contribution >= 0.6 is 0 Å². The number of hydrogen-bond acceptors (Lipinski definition) is 1. The predicted molar refractivity (Wildman–Crippen MR) is 73.9 cm³/mol. The Hall–Kier alpha value is -0.820. The highest BCUT2D eigenvalue weighted by Gasteiger charge is 2.25. The van der Waals surface area contributed by atoms with E-state index in [0.717, 1.165) is 12.3 Å². The van der Waals surface area contributed by atoms with E-state index in [1.807, 2.05) is 0 Å². The summed E-state index contributed by atoms with van der Waals surface area (Å²) in [7, 11) is 0. The molecule has 3 atom stereocenters. The molecule has 1 nitrogen and oxygen atoms in total. The molecule has 3 unspecified atom stereocenters. The lowest BCUT2D eigenvalue weighted by atomic mass is 9.77. The van der Waals surface area contributed by atoms with Gasteiger partial charge in [0.1, 0.15) is 0 Å². The van der Waals surface area contributed by atoms with Gasteiger partial charge in [0.2, 0.25) is 0 Å². The third kappa shape index (κ3) is 3.10. The topological polar surface area (TPSA) is 26.0 Å². The van der Waals surface area contributed by atoms with Crippen LogP contribution in [-0.2, 0) is 6.42 Å². The fourth-order valence-corrected chi connectivity index (χ4v) is 3.05. The quantitative estimate of drug-likeness (QED) is 0.833. The van der Waals surface area contributed by atoms with E-state index in [-0.39, 0.29) is 6.04 Å². The lowest BCUT2D eigenvalue weighted by Gasteiger charge is -2.31. The van der Waals surface area contributed by atoms with E-state index in [0.29, 0.717) is 5.92 Å². The molecule has 2 N–H and O–H groups in total. The summed E-state index contributed by atoms with van der Waals surface area (Å²) in [4.78, 5) is 0. The average molecular weight is 231 g/mol. The van der Waals surface area contributed by atoms with Crippen LogP contribution in [0.4, 0.5) is 0 Å². The smallest absolute Gasteiger partial charge is 0.0323 e. The van der Waals surface area contributed by atoms with Gasteiger partial charge < -0.3 is 5.73 Å². The molecule has 0 heterocycles. The molecule has 1 aliphatic rings. The molecule has 0 aromatic heterocycles. The Kier molecular flexibility index (Phi) is 4.22. The van der Waals surface area contributed by atoms with Gasteiger partial charge in [-0.1, -0.05) is 51.0 Å². The van der Waals surface area contributed by atoms with Crippen molar-refractivity contribution in [3.8, 4) is 0 Å². The molecule has 0 bridgehead atoms. The first kappa shape index (κ1) is 12.6. The van der Waals surface area contributed by atoms with Crippen molar-refractivity contribution in [3.63, 3.8) is 0 Å². The van der Waals surface area contributed by atoms with Crippen LogP contribution in [0.25, 0.3) is 0 Å². The van der Waals surface area contributed by atoms with E-state index in [4.69, 9.17) is 5.73 Å². The Balaban J connectivity index is 2.04. The molecular formula is C16H25N. The van der Waals surface area contributed by atoms with Crippen molar-refractivity contribution < 1.29 is 0 Å². The summed E-state index contributed by atoms with van der Waals surface area (Å²) in [5.74, 6) is 1.54. The van der Waals surface area contributed by atoms with Crippen molar-refractivity contribution >= 4 is 0 Å². The Bertz CT molecular complexity index is 341. The van der Waals surface area contributed by atoms with Gasteiger partial charge in [-0.2, -0.15) is 0 Å². The van der Waals surface area contributed by atoms with Gasteiger partial charge in [-0.3, -0.25) is 0 Å². The summed E-state index contributed by atoms with van der Waals surface area (Å²) in [5, 5.41) is 0. The molecule has 0 saturated heterocycles. The molecule has 1 aromatic carbocycles. The highest BCUT2D eigenvalue weighted by atomic mass is 14.7. The lowest BCUT2D eigenvalue weighted by Crippen LogP contribution is -2.26. The number of nitrogens with two attached hydrogens (primary N) is 1. The molecule has 1 aromatic rings. The standard InChI is InChI=1S/C16H25N/c1-3-13-7-9-14(10-8-13)16(17)15-6-4-5-12(2)11-15/h7-10,12,15-16H,3-6,11,17H2,1-2H3. The minimum Gasteiger partial charge on any atom is -0.324 e. The Morgan fingerprint density at radius 2 is 1.94 bits per heavy atom. The molecule has 2 rings (SSSR count). The van der Waals surface area contributed by atoms with E-state index >= 15 is 0 Å². The Morgan fingerprint density at radius 3 is 2.53 bits per heavy atom. The summed E-state index contributed by atoms with van der Waals surface area (Å²) >= 11 is 0. The largest absolute Gasteiger partial charge is 0.324 e. The van der Waals surface area contributed by atoms with Crippen LogP contribution in [0.5, 0.6) is 0 Å². The maximum atomic E-state index is 6.42. The third-order valence-corrected chi connectivity index (χ3v) is 4.26. The van der Waals surface area contributed by atoms with Crippen LogP contribution in [0.1, 0.15) is 56.7 Å². The van der Waals surface area contributed by atoms with Gasteiger partial charge in [-0.05, 0) is 42.2 Å². The summed E-state index contributed by atoms with van der Waals surface area (Å²) < 4.78 is 0. The first-order valence-electron chi connectivity index (χ1n) is 7.05. The number of hydrogen-bond donors (Lipinski definition) is 1. The maximum absolute atomic E-state index is 6.42. The first-order valence-corrected chi connectivity index (χ1v) is 7.05. The minimum absolute atomic E-state index is 0.239. The number of benzene rings is 1. The van der Waals surface area contributed by atoms with Crippen molar-refractivity contribution in [2.45, 2.75) is 52.0 Å². The second-order valence-electron chi connectivity index (χ2n) is 5.65. The molecule has 1 aliphatic carbocycles. The van der Waals surface area contributed by atoms with Crippen LogP contribution < -0.4 is 5.73 Å². The van der Waals surface area contributed by atoms with E-state index in [1.54, 1.807) is 0 Å². The zero-order valence-corrected chi connectivity index (χ0v) is 11.2. The van der Waals surface area contributed by atoms with Crippen LogP contribution in [0, 0.1) is 11.8 Å². The highest BCUT2D eigenvalue weighted by Crippen LogP contribution is 2.35. The van der Waals surface area contributed by atoms with Crippen molar-refractivity contribution in [1.82, 2.24) is 0 Å². The lowest BCUT2D eigenvalue weighted by molar-refractivity contribution is 0.248. The average Bonchev–Trinajstić information content (AvgIpc) is 2.38. The second-order valence-corrected chi connectivity index (χ2v) is 5.65. The van der Waals surface area contributed by atoms with Gasteiger partial charge in [-0.15, -0.1) is 0 Å². The Labute approximate surface area is 105 Å². The molecule has 94 valence electrons. The molecule has 1 fully saturated rings. The summed E-state index contributed by atoms with van der Waals surface area (Å²) in [5.41, 5.74) is 9.15. The predicted octanol–water partition coefficient (Wildman–Crippen LogP) is 4.08. The fraction of sp³-hybridized carbons (Fsp3) is 0.625. The van der Waals surface area contributed by atoms with E-state index in [2.05, 4.69) is 38.1 Å². The zero-order chi connectivity index (χ0) is 12.3. The fourth-order valence-electron chi connectivity index (χ4n) is 3.05. The monoisotopic (exact) mass is 231 g/mol. The van der Waals surface area contributed by atoms with Crippen molar-refractivity contribution in [2.75, 3.05) is 0 Å². The van der Waals surface area contributed by atoms with Crippen LogP contribution in [-0.4, -0.2) is 0 Å². The summed E-state index contributed by atoms with van der Waals surface area (Å²) in [6, 6.07) is 9.14. The van der Waals surface area contributed by atoms with Gasteiger partial charge in [0.25, 0.3) is 0 Å². The van der Waals surface area contributed by atoms with Gasteiger partial charge >= 0.3 is 0 Å². The van der Waals surface area contributed by atoms with Gasteiger partial charge in [0, 0.05) is 6.04 Å². The van der Waals surface area contributed by atoms with Crippen LogP contribution in [0.2, 0.25) is 0 Å². The van der Waals surface area contributed by atoms with Crippen molar-refractivity contribution in [3.05, 3.63) is 35.4 Å². The van der Waals surface area contributed by atoms with E-state index < -0.39 is 0 Å². The summed E-state index contributed by atoms with van der Waals surface area (Å²) in [6.45, 7) is 4.55. The molecule has 0 spiro atoms. The van der Waals surface area contributed by atoms with Crippen molar-refractivity contribution in [2.24, 2.45) is 17.6 Å². The van der Waals surface area contributed by atoms with Crippen LogP contribution in [0.3, 0.4) is 0 Å². The second kappa shape index (κ2) is 5.68. The highest BCUT2D eigenvalue weighted by molar-refractivity contribution is 5.25. The molecule has 0 amide bonds. The van der Waals surface area contributed by atoms with E-state index in [9.17, 15) is 0 Å². The van der Waals surface area contributed by atoms with Gasteiger partial charge in [0.05, 0.1) is 0 Å². The van der Waals surface area contributed by atoms with Crippen LogP contribution in [0.15, 0.2) is 24.3 Å². The third-order valence-electron chi connectivity index (χ3n) is 4.26. The maximum Gasteiger partial charge on any atom is 0.0323 e. The Morgan fingerprint density at radius 1 is 1.24 bits per heavy atom. The summed E-state index contributed by atoms with van der Waals surface area (Å²) in [6.07, 6.45) is 6.46.